The van der Waals surface area contributed by atoms with Crippen LogP contribution >= 0.6 is 0 Å². The highest BCUT2D eigenvalue weighted by molar-refractivity contribution is 7.89. The molecule has 2 heterocycles. The van der Waals surface area contributed by atoms with Crippen LogP contribution in [-0.2, 0) is 10.0 Å². The Morgan fingerprint density at radius 1 is 1.59 bits per heavy atom. The number of pyridine rings is 1. The van der Waals surface area contributed by atoms with Crippen LogP contribution in [0.4, 0.5) is 5.82 Å². The zero-order valence-electron chi connectivity index (χ0n) is 9.63. The van der Waals surface area contributed by atoms with Gasteiger partial charge in [0.2, 0.25) is 10.0 Å². The molecule has 7 heteroatoms. The number of nitrogens with one attached hydrogen (secondary N) is 1. The number of aromatic nitrogens is 1. The largest absolute Gasteiger partial charge is 0.307 e. The molecule has 1 unspecified atom stereocenters. The Kier molecular flexibility index (Phi) is 3.32. The monoisotopic (exact) mass is 256 g/mol. The Bertz CT molecular complexity index is 503. The van der Waals surface area contributed by atoms with E-state index in [-0.39, 0.29) is 16.8 Å². The normalized spacial score (nSPS) is 21.6. The first-order valence-corrected chi connectivity index (χ1v) is 6.95. The van der Waals surface area contributed by atoms with Gasteiger partial charge in [0.1, 0.15) is 4.90 Å². The van der Waals surface area contributed by atoms with Gasteiger partial charge in [-0.2, -0.15) is 4.31 Å². The molecule has 1 aliphatic rings. The predicted molar refractivity (Wildman–Crippen MR) is 64.6 cm³/mol. The number of anilines is 1. The molecule has 1 saturated heterocycles. The maximum Gasteiger partial charge on any atom is 0.247 e. The summed E-state index contributed by atoms with van der Waals surface area (Å²) in [6.07, 6.45) is 3.29. The molecule has 0 spiro atoms. The maximum atomic E-state index is 12.4. The Hall–Kier alpha value is -1.18. The number of hydrogen-bond acceptors (Lipinski definition) is 5. The molecule has 2 rings (SSSR count). The molecule has 0 aromatic carbocycles. The average molecular weight is 256 g/mol. The van der Waals surface area contributed by atoms with Crippen molar-refractivity contribution in [3.63, 3.8) is 0 Å². The van der Waals surface area contributed by atoms with Crippen LogP contribution in [0.2, 0.25) is 0 Å². The van der Waals surface area contributed by atoms with Gasteiger partial charge in [-0.15, -0.1) is 0 Å². The number of sulfonamides is 1. The van der Waals surface area contributed by atoms with E-state index >= 15 is 0 Å². The highest BCUT2D eigenvalue weighted by Gasteiger charge is 2.34. The van der Waals surface area contributed by atoms with Crippen LogP contribution in [-0.4, -0.2) is 30.3 Å². The molecule has 17 heavy (non-hydrogen) atoms. The fourth-order valence-electron chi connectivity index (χ4n) is 2.10. The molecule has 0 radical (unpaired) electrons. The number of nitrogens with two attached hydrogens (primary N) is 1. The van der Waals surface area contributed by atoms with Crippen molar-refractivity contribution in [1.29, 1.82) is 0 Å². The van der Waals surface area contributed by atoms with Crippen LogP contribution in [0.15, 0.2) is 23.2 Å². The molecule has 1 atom stereocenters. The summed E-state index contributed by atoms with van der Waals surface area (Å²) in [6, 6.07) is 3.14. The first-order chi connectivity index (χ1) is 8.07. The van der Waals surface area contributed by atoms with Crippen LogP contribution in [0.1, 0.15) is 19.8 Å². The second-order valence-electron chi connectivity index (χ2n) is 4.10. The van der Waals surface area contributed by atoms with E-state index in [1.165, 1.54) is 16.6 Å². The lowest BCUT2D eigenvalue weighted by Crippen LogP contribution is -2.34. The van der Waals surface area contributed by atoms with E-state index in [9.17, 15) is 8.42 Å². The van der Waals surface area contributed by atoms with Crippen LogP contribution in [0.5, 0.6) is 0 Å². The van der Waals surface area contributed by atoms with Crippen molar-refractivity contribution in [2.45, 2.75) is 30.7 Å². The summed E-state index contributed by atoms with van der Waals surface area (Å²) in [7, 11) is -3.50. The van der Waals surface area contributed by atoms with E-state index in [0.29, 0.717) is 6.54 Å². The first-order valence-electron chi connectivity index (χ1n) is 5.51. The van der Waals surface area contributed by atoms with Crippen LogP contribution < -0.4 is 11.3 Å². The van der Waals surface area contributed by atoms with E-state index in [0.717, 1.165) is 12.8 Å². The van der Waals surface area contributed by atoms with Gasteiger partial charge in [-0.25, -0.2) is 19.2 Å². The van der Waals surface area contributed by atoms with Crippen LogP contribution in [0, 0.1) is 0 Å². The third kappa shape index (κ3) is 2.13. The Labute approximate surface area is 101 Å². The van der Waals surface area contributed by atoms with Gasteiger partial charge in [-0.05, 0) is 31.9 Å². The Morgan fingerprint density at radius 2 is 2.35 bits per heavy atom. The minimum atomic E-state index is -3.50. The van der Waals surface area contributed by atoms with E-state index in [1.807, 2.05) is 6.92 Å². The van der Waals surface area contributed by atoms with E-state index < -0.39 is 10.0 Å². The van der Waals surface area contributed by atoms with Crippen molar-refractivity contribution in [2.75, 3.05) is 12.0 Å². The lowest BCUT2D eigenvalue weighted by atomic mass is 10.3. The molecule has 1 aromatic rings. The molecule has 0 saturated carbocycles. The summed E-state index contributed by atoms with van der Waals surface area (Å²) in [4.78, 5) is 4.05. The van der Waals surface area contributed by atoms with Crippen molar-refractivity contribution in [2.24, 2.45) is 5.84 Å². The first kappa shape index (κ1) is 12.3. The molecule has 1 fully saturated rings. The van der Waals surface area contributed by atoms with Gasteiger partial charge in [-0.3, -0.25) is 0 Å². The minimum Gasteiger partial charge on any atom is -0.307 e. The summed E-state index contributed by atoms with van der Waals surface area (Å²) in [5.74, 6) is 5.47. The molecule has 6 nitrogen and oxygen atoms in total. The summed E-state index contributed by atoms with van der Waals surface area (Å²) >= 11 is 0. The summed E-state index contributed by atoms with van der Waals surface area (Å²) in [5.41, 5.74) is 2.32. The molecule has 0 bridgehead atoms. The highest BCUT2D eigenvalue weighted by atomic mass is 32.2. The van der Waals surface area contributed by atoms with E-state index in [2.05, 4.69) is 10.4 Å². The molecular formula is C10H16N4O2S. The number of hydrazine groups is 1. The average Bonchev–Trinajstić information content (AvgIpc) is 2.76. The topological polar surface area (TPSA) is 88.3 Å². The fraction of sp³-hybridized carbons (Fsp3) is 0.500. The zero-order chi connectivity index (χ0) is 12.5. The van der Waals surface area contributed by atoms with Crippen molar-refractivity contribution in [1.82, 2.24) is 9.29 Å². The van der Waals surface area contributed by atoms with Crippen LogP contribution in [0.25, 0.3) is 0 Å². The molecule has 1 aliphatic heterocycles. The van der Waals surface area contributed by atoms with Gasteiger partial charge >= 0.3 is 0 Å². The minimum absolute atomic E-state index is 0.0332. The van der Waals surface area contributed by atoms with Crippen LogP contribution in [0.3, 0.4) is 0 Å². The molecule has 1 aromatic heterocycles. The highest BCUT2D eigenvalue weighted by Crippen LogP contribution is 2.28. The number of nitrogens with zero attached hydrogens (tertiary/aromatic N) is 2. The van der Waals surface area contributed by atoms with Crippen molar-refractivity contribution >= 4 is 15.8 Å². The predicted octanol–water partition coefficient (Wildman–Crippen LogP) is 0.540. The number of hydrogen-bond donors (Lipinski definition) is 2. The Morgan fingerprint density at radius 3 is 2.94 bits per heavy atom. The van der Waals surface area contributed by atoms with E-state index in [1.54, 1.807) is 6.07 Å². The quantitative estimate of drug-likeness (QED) is 0.608. The third-order valence-corrected chi connectivity index (χ3v) is 5.03. The number of nitrogen functional groups attached to an aromatic ring is 1. The standard InChI is InChI=1S/C10H16N4O2S/c1-8-4-3-7-14(8)17(15,16)9-5-2-6-12-10(9)13-11/h2,5-6,8H,3-4,7,11H2,1H3,(H,12,13). The SMILES string of the molecule is CC1CCCN1S(=O)(=O)c1cccnc1NN. The second-order valence-corrected chi connectivity index (χ2v) is 5.96. The molecule has 94 valence electrons. The van der Waals surface area contributed by atoms with Gasteiger partial charge in [0.05, 0.1) is 0 Å². The van der Waals surface area contributed by atoms with Gasteiger partial charge in [0.15, 0.2) is 5.82 Å². The maximum absolute atomic E-state index is 12.4. The summed E-state index contributed by atoms with van der Waals surface area (Å²) < 4.78 is 26.3. The smallest absolute Gasteiger partial charge is 0.247 e. The van der Waals surface area contributed by atoms with Crippen molar-refractivity contribution in [3.8, 4) is 0 Å². The van der Waals surface area contributed by atoms with Gasteiger partial charge in [0, 0.05) is 18.8 Å². The van der Waals surface area contributed by atoms with Gasteiger partial charge in [-0.1, -0.05) is 0 Å². The molecular weight excluding hydrogens is 240 g/mol. The van der Waals surface area contributed by atoms with Gasteiger partial charge in [0.25, 0.3) is 0 Å². The third-order valence-electron chi connectivity index (χ3n) is 2.99. The van der Waals surface area contributed by atoms with Crippen molar-refractivity contribution < 1.29 is 8.42 Å². The van der Waals surface area contributed by atoms with Crippen molar-refractivity contribution in [3.05, 3.63) is 18.3 Å². The lowest BCUT2D eigenvalue weighted by molar-refractivity contribution is 0.408. The lowest BCUT2D eigenvalue weighted by Gasteiger charge is -2.21. The summed E-state index contributed by atoms with van der Waals surface area (Å²) in [5, 5.41) is 0. The number of rotatable bonds is 3. The zero-order valence-corrected chi connectivity index (χ0v) is 10.4. The molecule has 0 amide bonds. The second kappa shape index (κ2) is 4.59. The van der Waals surface area contributed by atoms with E-state index in [4.69, 9.17) is 5.84 Å². The fourth-order valence-corrected chi connectivity index (χ4v) is 3.91. The summed E-state index contributed by atoms with van der Waals surface area (Å²) in [6.45, 7) is 2.47. The van der Waals surface area contributed by atoms with Gasteiger partial charge < -0.3 is 5.43 Å². The molecule has 0 aliphatic carbocycles. The molecule has 3 N–H and O–H groups in total. The Balaban J connectivity index is 2.44.